The number of nitrogens with zero attached hydrogens (tertiary/aromatic N) is 1. The average Bonchev–Trinajstić information content (AvgIpc) is 2.18. The molecule has 0 aromatic heterocycles. The van der Waals surface area contributed by atoms with Gasteiger partial charge in [0.1, 0.15) is 0 Å². The Labute approximate surface area is 95.8 Å². The maximum atomic E-state index is 11.7. The van der Waals surface area contributed by atoms with Gasteiger partial charge < -0.3 is 21.1 Å². The van der Waals surface area contributed by atoms with Gasteiger partial charge in [0.15, 0.2) is 0 Å². The van der Waals surface area contributed by atoms with Crippen LogP contribution in [-0.2, 0) is 4.79 Å². The lowest BCUT2D eigenvalue weighted by atomic mass is 10.2. The molecule has 94 valence electrons. The minimum Gasteiger partial charge on any atom is -0.481 e. The van der Waals surface area contributed by atoms with Crippen molar-refractivity contribution in [3.63, 3.8) is 0 Å². The summed E-state index contributed by atoms with van der Waals surface area (Å²) in [6, 6.07) is -0.537. The van der Waals surface area contributed by atoms with Crippen molar-refractivity contribution in [2.45, 2.75) is 32.7 Å². The Morgan fingerprint density at radius 3 is 2.56 bits per heavy atom. The number of nitrogens with two attached hydrogens (primary N) is 1. The highest BCUT2D eigenvalue weighted by atomic mass is 16.4. The number of aliphatic carboxylic acids is 1. The highest BCUT2D eigenvalue weighted by molar-refractivity contribution is 5.75. The van der Waals surface area contributed by atoms with Gasteiger partial charge in [-0.15, -0.1) is 0 Å². The molecule has 0 fully saturated rings. The Kier molecular flexibility index (Phi) is 7.28. The zero-order valence-corrected chi connectivity index (χ0v) is 9.90. The van der Waals surface area contributed by atoms with E-state index in [9.17, 15) is 9.59 Å². The van der Waals surface area contributed by atoms with E-state index in [-0.39, 0.29) is 18.5 Å². The fourth-order valence-corrected chi connectivity index (χ4v) is 1.42. The van der Waals surface area contributed by atoms with E-state index in [4.69, 9.17) is 10.8 Å². The Balaban J connectivity index is 4.14. The van der Waals surface area contributed by atoms with E-state index >= 15 is 0 Å². The van der Waals surface area contributed by atoms with E-state index in [1.807, 2.05) is 6.92 Å². The van der Waals surface area contributed by atoms with Crippen molar-refractivity contribution in [3.05, 3.63) is 0 Å². The molecule has 0 aromatic rings. The van der Waals surface area contributed by atoms with E-state index in [1.165, 1.54) is 4.90 Å². The number of carboxylic acid groups (broad SMARTS) is 1. The van der Waals surface area contributed by atoms with Crippen LogP contribution >= 0.6 is 0 Å². The molecule has 0 saturated heterocycles. The van der Waals surface area contributed by atoms with Gasteiger partial charge in [-0.25, -0.2) is 4.79 Å². The molecule has 0 aromatic carbocycles. The van der Waals surface area contributed by atoms with Crippen LogP contribution in [0.3, 0.4) is 0 Å². The predicted molar refractivity (Wildman–Crippen MR) is 61.2 cm³/mol. The molecule has 16 heavy (non-hydrogen) atoms. The number of urea groups is 1. The number of amides is 2. The van der Waals surface area contributed by atoms with Gasteiger partial charge in [0.25, 0.3) is 0 Å². The van der Waals surface area contributed by atoms with Crippen LogP contribution in [0.25, 0.3) is 0 Å². The van der Waals surface area contributed by atoms with Gasteiger partial charge in [-0.3, -0.25) is 4.79 Å². The molecule has 6 heteroatoms. The van der Waals surface area contributed by atoms with Crippen LogP contribution in [0.15, 0.2) is 0 Å². The molecule has 0 spiro atoms. The highest BCUT2D eigenvalue weighted by Crippen LogP contribution is 2.03. The largest absolute Gasteiger partial charge is 0.481 e. The Morgan fingerprint density at radius 2 is 2.12 bits per heavy atom. The third-order valence-corrected chi connectivity index (χ3v) is 2.26. The summed E-state index contributed by atoms with van der Waals surface area (Å²) in [6.07, 6.45) is 0.675. The van der Waals surface area contributed by atoms with E-state index < -0.39 is 5.97 Å². The summed E-state index contributed by atoms with van der Waals surface area (Å²) in [5.41, 5.74) is 5.31. The van der Waals surface area contributed by atoms with Gasteiger partial charge in [-0.2, -0.15) is 0 Å². The van der Waals surface area contributed by atoms with Crippen LogP contribution in [0.1, 0.15) is 26.7 Å². The maximum absolute atomic E-state index is 11.7. The van der Waals surface area contributed by atoms with Gasteiger partial charge in [0.05, 0.1) is 6.42 Å². The lowest BCUT2D eigenvalue weighted by Crippen LogP contribution is -2.46. The second-order valence-electron chi connectivity index (χ2n) is 3.61. The number of rotatable bonds is 7. The number of carboxylic acids is 1. The molecule has 0 aliphatic heterocycles. The second-order valence-corrected chi connectivity index (χ2v) is 3.61. The summed E-state index contributed by atoms with van der Waals surface area (Å²) in [5, 5.41) is 11.4. The molecular weight excluding hydrogens is 210 g/mol. The molecule has 0 bridgehead atoms. The van der Waals surface area contributed by atoms with Crippen LogP contribution in [0.5, 0.6) is 0 Å². The summed E-state index contributed by atoms with van der Waals surface area (Å²) >= 11 is 0. The van der Waals surface area contributed by atoms with Crippen molar-refractivity contribution in [2.24, 2.45) is 5.73 Å². The molecular formula is C10H21N3O3. The van der Waals surface area contributed by atoms with Gasteiger partial charge in [0, 0.05) is 19.1 Å². The molecule has 1 atom stereocenters. The molecule has 0 aliphatic carbocycles. The normalized spacial score (nSPS) is 11.9. The molecule has 0 aliphatic rings. The van der Waals surface area contributed by atoms with Crippen LogP contribution in [0, 0.1) is 0 Å². The number of carbonyl (C=O) groups excluding carboxylic acids is 1. The molecule has 0 radical (unpaired) electrons. The monoisotopic (exact) mass is 231 g/mol. The Bertz CT molecular complexity index is 233. The second kappa shape index (κ2) is 7.92. The van der Waals surface area contributed by atoms with Crippen molar-refractivity contribution in [3.8, 4) is 0 Å². The molecule has 0 heterocycles. The van der Waals surface area contributed by atoms with Crippen molar-refractivity contribution in [1.29, 1.82) is 0 Å². The van der Waals surface area contributed by atoms with E-state index in [0.717, 1.165) is 6.42 Å². The predicted octanol–water partition coefficient (Wildman–Crippen LogP) is 0.230. The summed E-state index contributed by atoms with van der Waals surface area (Å²) in [4.78, 5) is 23.7. The average molecular weight is 231 g/mol. The van der Waals surface area contributed by atoms with Gasteiger partial charge >= 0.3 is 12.0 Å². The fourth-order valence-electron chi connectivity index (χ4n) is 1.42. The first-order valence-corrected chi connectivity index (χ1v) is 5.49. The van der Waals surface area contributed by atoms with E-state index in [1.54, 1.807) is 6.92 Å². The number of nitrogens with one attached hydrogen (secondary N) is 1. The van der Waals surface area contributed by atoms with Crippen LogP contribution in [0.4, 0.5) is 4.79 Å². The topological polar surface area (TPSA) is 95.7 Å². The first-order valence-electron chi connectivity index (χ1n) is 5.49. The number of hydrogen-bond donors (Lipinski definition) is 3. The molecule has 0 rings (SSSR count). The van der Waals surface area contributed by atoms with Crippen molar-refractivity contribution in [1.82, 2.24) is 10.2 Å². The van der Waals surface area contributed by atoms with Gasteiger partial charge in [-0.1, -0.05) is 0 Å². The lowest BCUT2D eigenvalue weighted by Gasteiger charge is -2.27. The third kappa shape index (κ3) is 5.55. The number of carbonyl (C=O) groups is 2. The molecule has 4 N–H and O–H groups in total. The summed E-state index contributed by atoms with van der Waals surface area (Å²) in [7, 11) is 0. The van der Waals surface area contributed by atoms with Crippen LogP contribution in [-0.4, -0.2) is 47.7 Å². The Morgan fingerprint density at radius 1 is 1.50 bits per heavy atom. The van der Waals surface area contributed by atoms with E-state index in [2.05, 4.69) is 5.32 Å². The zero-order chi connectivity index (χ0) is 12.6. The summed E-state index contributed by atoms with van der Waals surface area (Å²) in [5.74, 6) is -0.902. The molecule has 1 unspecified atom stereocenters. The van der Waals surface area contributed by atoms with Crippen molar-refractivity contribution >= 4 is 12.0 Å². The smallest absolute Gasteiger partial charge is 0.317 e. The van der Waals surface area contributed by atoms with Crippen molar-refractivity contribution in [2.75, 3.05) is 19.6 Å². The molecule has 0 saturated carbocycles. The summed E-state index contributed by atoms with van der Waals surface area (Å²) in [6.45, 7) is 5.08. The first kappa shape index (κ1) is 14.7. The Hall–Kier alpha value is -1.30. The molecule has 6 nitrogen and oxygen atoms in total. The minimum atomic E-state index is -0.902. The van der Waals surface area contributed by atoms with Crippen molar-refractivity contribution < 1.29 is 14.7 Å². The van der Waals surface area contributed by atoms with Crippen LogP contribution in [0.2, 0.25) is 0 Å². The minimum absolute atomic E-state index is 0.0435. The van der Waals surface area contributed by atoms with E-state index in [0.29, 0.717) is 19.6 Å². The third-order valence-electron chi connectivity index (χ3n) is 2.26. The fraction of sp³-hybridized carbons (Fsp3) is 0.800. The maximum Gasteiger partial charge on any atom is 0.317 e. The van der Waals surface area contributed by atoms with Crippen LogP contribution < -0.4 is 11.1 Å². The molecule has 2 amide bonds. The summed E-state index contributed by atoms with van der Waals surface area (Å²) < 4.78 is 0. The lowest BCUT2D eigenvalue weighted by molar-refractivity contribution is -0.138. The zero-order valence-electron chi connectivity index (χ0n) is 9.90. The highest BCUT2D eigenvalue weighted by Gasteiger charge is 2.19. The first-order chi connectivity index (χ1) is 7.52. The number of hydrogen-bond acceptors (Lipinski definition) is 3. The van der Waals surface area contributed by atoms with Gasteiger partial charge in [0.2, 0.25) is 0 Å². The SMILES string of the molecule is CCN(C(=O)NCCCN)C(C)CC(=O)O. The standard InChI is InChI=1S/C10H21N3O3/c1-3-13(8(2)7-9(14)15)10(16)12-6-4-5-11/h8H,3-7,11H2,1-2H3,(H,12,16)(H,14,15). The quantitative estimate of drug-likeness (QED) is 0.546. The van der Waals surface area contributed by atoms with Gasteiger partial charge in [-0.05, 0) is 26.8 Å².